The van der Waals surface area contributed by atoms with E-state index in [0.29, 0.717) is 50.6 Å². The summed E-state index contributed by atoms with van der Waals surface area (Å²) >= 11 is 6.91. The van der Waals surface area contributed by atoms with Crippen molar-refractivity contribution >= 4 is 54.9 Å². The van der Waals surface area contributed by atoms with E-state index in [0.717, 1.165) is 10.0 Å². The Bertz CT molecular complexity index is 1310. The van der Waals surface area contributed by atoms with Crippen molar-refractivity contribution in [3.63, 3.8) is 0 Å². The Morgan fingerprint density at radius 2 is 1.94 bits per heavy atom. The van der Waals surface area contributed by atoms with Crippen LogP contribution >= 0.6 is 31.9 Å². The molecule has 0 atom stereocenters. The number of aliphatic imine (C=N–C) groups is 1. The van der Waals surface area contributed by atoms with E-state index in [-0.39, 0.29) is 11.5 Å². The molecule has 0 saturated carbocycles. The molecule has 31 heavy (non-hydrogen) atoms. The molecule has 0 aliphatic rings. The maximum absolute atomic E-state index is 10.6. The third-order valence-corrected chi connectivity index (χ3v) is 6.60. The van der Waals surface area contributed by atoms with Crippen LogP contribution in [-0.2, 0) is 0 Å². The van der Waals surface area contributed by atoms with Crippen molar-refractivity contribution in [2.24, 2.45) is 4.99 Å². The normalized spacial score (nSPS) is 11.5. The fraction of sp³-hybridized carbons (Fsp3) is 0.130. The minimum absolute atomic E-state index is 0.0194. The number of aryl methyl sites for hydroxylation is 1. The first-order valence-electron chi connectivity index (χ1n) is 9.45. The van der Waals surface area contributed by atoms with Gasteiger partial charge in [-0.25, -0.2) is 4.98 Å². The average molecular weight is 546 g/mol. The number of benzene rings is 3. The van der Waals surface area contributed by atoms with Crippen molar-refractivity contribution in [2.75, 3.05) is 6.61 Å². The van der Waals surface area contributed by atoms with Gasteiger partial charge in [-0.1, -0.05) is 6.07 Å². The number of phenols is 2. The van der Waals surface area contributed by atoms with E-state index in [1.807, 2.05) is 32.0 Å². The van der Waals surface area contributed by atoms with E-state index in [1.165, 1.54) is 12.3 Å². The van der Waals surface area contributed by atoms with Gasteiger partial charge in [0.25, 0.3) is 0 Å². The molecule has 0 unspecified atom stereocenters. The van der Waals surface area contributed by atoms with Crippen molar-refractivity contribution in [1.29, 1.82) is 0 Å². The Labute approximate surface area is 195 Å². The highest BCUT2D eigenvalue weighted by molar-refractivity contribution is 9.13. The maximum atomic E-state index is 10.6. The molecule has 0 bridgehead atoms. The van der Waals surface area contributed by atoms with Crippen molar-refractivity contribution in [2.45, 2.75) is 13.8 Å². The molecule has 1 aromatic heterocycles. The molecule has 0 saturated heterocycles. The van der Waals surface area contributed by atoms with Crippen LogP contribution in [0.1, 0.15) is 18.1 Å². The standard InChI is InChI=1S/C23H18Br2N2O4/c1-3-30-20-10-16(24)21(25)15(22(20)29)11-26-13-5-7-18(28)14(9-13)23-27-17-6-4-12(2)8-19(17)31-23/h4-11,28-29H,3H2,1-2H3. The number of nitrogens with zero attached hydrogens (tertiary/aromatic N) is 2. The van der Waals surface area contributed by atoms with Crippen LogP contribution in [0.2, 0.25) is 0 Å². The molecule has 6 nitrogen and oxygen atoms in total. The molecule has 0 aliphatic heterocycles. The first-order valence-corrected chi connectivity index (χ1v) is 11.0. The number of halogens is 2. The smallest absolute Gasteiger partial charge is 0.231 e. The van der Waals surface area contributed by atoms with E-state index in [1.54, 1.807) is 18.2 Å². The van der Waals surface area contributed by atoms with Crippen LogP contribution in [0.15, 0.2) is 60.8 Å². The van der Waals surface area contributed by atoms with Crippen LogP contribution in [0.25, 0.3) is 22.6 Å². The third-order valence-electron chi connectivity index (χ3n) is 4.59. The fourth-order valence-corrected chi connectivity index (χ4v) is 3.88. The van der Waals surface area contributed by atoms with E-state index in [4.69, 9.17) is 9.15 Å². The summed E-state index contributed by atoms with van der Waals surface area (Å²) in [5, 5.41) is 20.9. The van der Waals surface area contributed by atoms with E-state index in [2.05, 4.69) is 41.8 Å². The lowest BCUT2D eigenvalue weighted by Crippen LogP contribution is -1.95. The number of fused-ring (bicyclic) bond motifs is 1. The van der Waals surface area contributed by atoms with Gasteiger partial charge in [0.1, 0.15) is 11.3 Å². The molecule has 4 aromatic rings. The minimum atomic E-state index is -0.0194. The Hall–Kier alpha value is -2.84. The van der Waals surface area contributed by atoms with Gasteiger partial charge in [-0.15, -0.1) is 0 Å². The summed E-state index contributed by atoms with van der Waals surface area (Å²) < 4.78 is 12.7. The highest BCUT2D eigenvalue weighted by atomic mass is 79.9. The molecule has 1 heterocycles. The Balaban J connectivity index is 1.73. The predicted molar refractivity (Wildman–Crippen MR) is 128 cm³/mol. The van der Waals surface area contributed by atoms with Crippen LogP contribution in [-0.4, -0.2) is 28.0 Å². The quantitative estimate of drug-likeness (QED) is 0.267. The molecular weight excluding hydrogens is 528 g/mol. The molecule has 0 spiro atoms. The topological polar surface area (TPSA) is 88.1 Å². The zero-order chi connectivity index (χ0) is 22.1. The summed E-state index contributed by atoms with van der Waals surface area (Å²) in [5.41, 5.74) is 3.86. The maximum Gasteiger partial charge on any atom is 0.231 e. The highest BCUT2D eigenvalue weighted by Gasteiger charge is 2.16. The van der Waals surface area contributed by atoms with Crippen molar-refractivity contribution < 1.29 is 19.4 Å². The number of aromatic nitrogens is 1. The zero-order valence-electron chi connectivity index (χ0n) is 16.7. The second kappa shape index (κ2) is 8.72. The SMILES string of the molecule is CCOc1cc(Br)c(Br)c(C=Nc2ccc(O)c(-c3nc4ccc(C)cc4o3)c2)c1O. The number of phenolic OH excluding ortho intramolecular Hbond substituents is 2. The summed E-state index contributed by atoms with van der Waals surface area (Å²) in [5.74, 6) is 0.675. The molecule has 0 fully saturated rings. The summed E-state index contributed by atoms with van der Waals surface area (Å²) in [4.78, 5) is 8.93. The molecule has 0 amide bonds. The lowest BCUT2D eigenvalue weighted by molar-refractivity contribution is 0.317. The first kappa shape index (κ1) is 21.4. The zero-order valence-corrected chi connectivity index (χ0v) is 19.9. The molecular formula is C23H18Br2N2O4. The van der Waals surface area contributed by atoms with Gasteiger partial charge in [-0.05, 0) is 87.7 Å². The van der Waals surface area contributed by atoms with Crippen LogP contribution in [0.5, 0.6) is 17.2 Å². The molecule has 158 valence electrons. The molecule has 2 N–H and O–H groups in total. The van der Waals surface area contributed by atoms with Gasteiger partial charge in [-0.3, -0.25) is 4.99 Å². The molecule has 4 rings (SSSR count). The summed E-state index contributed by atoms with van der Waals surface area (Å²) in [7, 11) is 0. The van der Waals surface area contributed by atoms with Crippen molar-refractivity contribution in [1.82, 2.24) is 4.98 Å². The summed E-state index contributed by atoms with van der Waals surface area (Å²) in [6.45, 7) is 4.24. The molecule has 8 heteroatoms. The van der Waals surface area contributed by atoms with Gasteiger partial charge in [0.15, 0.2) is 17.1 Å². The van der Waals surface area contributed by atoms with Gasteiger partial charge >= 0.3 is 0 Å². The number of aromatic hydroxyl groups is 2. The van der Waals surface area contributed by atoms with Crippen LogP contribution in [0.4, 0.5) is 5.69 Å². The Morgan fingerprint density at radius 3 is 2.71 bits per heavy atom. The van der Waals surface area contributed by atoms with E-state index in [9.17, 15) is 10.2 Å². The molecule has 3 aromatic carbocycles. The number of ether oxygens (including phenoxy) is 1. The monoisotopic (exact) mass is 544 g/mol. The highest BCUT2D eigenvalue weighted by Crippen LogP contribution is 2.40. The van der Waals surface area contributed by atoms with E-state index >= 15 is 0 Å². The number of hydrogen-bond acceptors (Lipinski definition) is 6. The Kier molecular flexibility index (Phi) is 6.02. The fourth-order valence-electron chi connectivity index (χ4n) is 3.06. The number of rotatable bonds is 5. The second-order valence-electron chi connectivity index (χ2n) is 6.82. The van der Waals surface area contributed by atoms with Crippen molar-refractivity contribution in [3.05, 3.63) is 62.5 Å². The van der Waals surface area contributed by atoms with Gasteiger partial charge in [0, 0.05) is 15.2 Å². The number of oxazole rings is 1. The van der Waals surface area contributed by atoms with Gasteiger partial charge in [0.2, 0.25) is 5.89 Å². The first-order chi connectivity index (χ1) is 14.9. The lowest BCUT2D eigenvalue weighted by atomic mass is 10.1. The van der Waals surface area contributed by atoms with Crippen LogP contribution < -0.4 is 4.74 Å². The van der Waals surface area contributed by atoms with E-state index < -0.39 is 0 Å². The summed E-state index contributed by atoms with van der Waals surface area (Å²) in [6.07, 6.45) is 1.53. The average Bonchev–Trinajstić information content (AvgIpc) is 3.16. The van der Waals surface area contributed by atoms with Crippen LogP contribution in [0, 0.1) is 6.92 Å². The van der Waals surface area contributed by atoms with Crippen LogP contribution in [0.3, 0.4) is 0 Å². The number of hydrogen-bond donors (Lipinski definition) is 2. The minimum Gasteiger partial charge on any atom is -0.507 e. The second-order valence-corrected chi connectivity index (χ2v) is 8.46. The Morgan fingerprint density at radius 1 is 1.13 bits per heavy atom. The predicted octanol–water partition coefficient (Wildman–Crippen LogP) is 6.89. The third kappa shape index (κ3) is 4.31. The lowest BCUT2D eigenvalue weighted by Gasteiger charge is -2.11. The summed E-state index contributed by atoms with van der Waals surface area (Å²) in [6, 6.07) is 12.3. The molecule has 0 radical (unpaired) electrons. The van der Waals surface area contributed by atoms with Gasteiger partial charge < -0.3 is 19.4 Å². The van der Waals surface area contributed by atoms with Gasteiger partial charge in [-0.2, -0.15) is 0 Å². The van der Waals surface area contributed by atoms with Crippen molar-refractivity contribution in [3.8, 4) is 28.7 Å². The largest absolute Gasteiger partial charge is 0.507 e. The van der Waals surface area contributed by atoms with Gasteiger partial charge in [0.05, 0.1) is 23.4 Å². The molecule has 0 aliphatic carbocycles.